The summed E-state index contributed by atoms with van der Waals surface area (Å²) < 4.78 is 13.6. The van der Waals surface area contributed by atoms with Crippen LogP contribution in [-0.2, 0) is 6.42 Å². The van der Waals surface area contributed by atoms with Gasteiger partial charge >= 0.3 is 0 Å². The van der Waals surface area contributed by atoms with Crippen molar-refractivity contribution in [2.75, 3.05) is 33.2 Å². The molecule has 0 spiro atoms. The first-order valence-corrected chi connectivity index (χ1v) is 12.6. The summed E-state index contributed by atoms with van der Waals surface area (Å²) in [5.41, 5.74) is 3.93. The number of carbonyl (C=O) groups is 2. The molecule has 1 aromatic heterocycles. The predicted molar refractivity (Wildman–Crippen MR) is 139 cm³/mol. The van der Waals surface area contributed by atoms with Crippen molar-refractivity contribution < 1.29 is 14.0 Å². The van der Waals surface area contributed by atoms with Crippen LogP contribution in [0.1, 0.15) is 62.7 Å². The number of aromatic nitrogens is 1. The van der Waals surface area contributed by atoms with Gasteiger partial charge in [0.15, 0.2) is 0 Å². The molecule has 1 unspecified atom stereocenters. The third-order valence-electron chi connectivity index (χ3n) is 6.74. The molecule has 6 nitrogen and oxygen atoms in total. The van der Waals surface area contributed by atoms with Crippen molar-refractivity contribution in [3.05, 3.63) is 101 Å². The molecule has 1 aliphatic heterocycles. The second kappa shape index (κ2) is 12.4. The molecule has 0 bridgehead atoms. The van der Waals surface area contributed by atoms with Crippen LogP contribution in [0.15, 0.2) is 66.9 Å². The van der Waals surface area contributed by atoms with Crippen molar-refractivity contribution in [2.24, 2.45) is 0 Å². The Balaban J connectivity index is 1.38. The molecular formula is C29H33FN4O2. The fourth-order valence-corrected chi connectivity index (χ4v) is 4.68. The van der Waals surface area contributed by atoms with Crippen LogP contribution in [0, 0.1) is 5.82 Å². The lowest BCUT2D eigenvalue weighted by atomic mass is 9.87. The van der Waals surface area contributed by atoms with E-state index in [2.05, 4.69) is 20.5 Å². The fourth-order valence-electron chi connectivity index (χ4n) is 4.68. The first-order valence-electron chi connectivity index (χ1n) is 12.6. The van der Waals surface area contributed by atoms with E-state index in [-0.39, 0.29) is 23.5 Å². The Morgan fingerprint density at radius 1 is 0.972 bits per heavy atom. The van der Waals surface area contributed by atoms with E-state index < -0.39 is 0 Å². The summed E-state index contributed by atoms with van der Waals surface area (Å²) in [6.45, 7) is 3.75. The van der Waals surface area contributed by atoms with Gasteiger partial charge in [-0.25, -0.2) is 4.39 Å². The van der Waals surface area contributed by atoms with Crippen LogP contribution in [0.25, 0.3) is 0 Å². The maximum Gasteiger partial charge on any atom is 0.252 e. The highest BCUT2D eigenvalue weighted by molar-refractivity contribution is 5.94. The van der Waals surface area contributed by atoms with E-state index in [4.69, 9.17) is 0 Å². The molecule has 2 aromatic carbocycles. The van der Waals surface area contributed by atoms with Crippen LogP contribution in [0.4, 0.5) is 4.39 Å². The summed E-state index contributed by atoms with van der Waals surface area (Å²) in [5, 5.41) is 5.63. The number of rotatable bonds is 10. The van der Waals surface area contributed by atoms with Gasteiger partial charge in [0.05, 0.1) is 5.56 Å². The number of carbonyl (C=O) groups excluding carboxylic acids is 2. The van der Waals surface area contributed by atoms with E-state index in [1.54, 1.807) is 31.4 Å². The molecule has 0 aliphatic carbocycles. The van der Waals surface area contributed by atoms with Gasteiger partial charge in [-0.05, 0) is 79.9 Å². The van der Waals surface area contributed by atoms with Gasteiger partial charge in [0.2, 0.25) is 0 Å². The summed E-state index contributed by atoms with van der Waals surface area (Å²) in [6.07, 6.45) is 5.66. The van der Waals surface area contributed by atoms with Gasteiger partial charge in [0.1, 0.15) is 5.82 Å². The lowest BCUT2D eigenvalue weighted by molar-refractivity contribution is 0.0948. The average molecular weight is 489 g/mol. The summed E-state index contributed by atoms with van der Waals surface area (Å²) in [6, 6.07) is 17.5. The number of likely N-dealkylation sites (tertiary alicyclic amines) is 1. The monoisotopic (exact) mass is 488 g/mol. The molecule has 0 radical (unpaired) electrons. The molecule has 1 saturated heterocycles. The second-order valence-electron chi connectivity index (χ2n) is 9.19. The largest absolute Gasteiger partial charge is 0.355 e. The molecule has 2 N–H and O–H groups in total. The zero-order valence-corrected chi connectivity index (χ0v) is 20.7. The van der Waals surface area contributed by atoms with Crippen molar-refractivity contribution in [3.63, 3.8) is 0 Å². The highest BCUT2D eigenvalue weighted by Gasteiger charge is 2.17. The second-order valence-corrected chi connectivity index (χ2v) is 9.19. The summed E-state index contributed by atoms with van der Waals surface area (Å²) in [4.78, 5) is 31.8. The van der Waals surface area contributed by atoms with Crippen LogP contribution in [0.3, 0.4) is 0 Å². The van der Waals surface area contributed by atoms with E-state index >= 15 is 0 Å². The highest BCUT2D eigenvalue weighted by Crippen LogP contribution is 2.28. The third kappa shape index (κ3) is 6.76. The maximum atomic E-state index is 13.6. The van der Waals surface area contributed by atoms with Crippen molar-refractivity contribution in [3.8, 4) is 0 Å². The van der Waals surface area contributed by atoms with E-state index in [0.29, 0.717) is 24.1 Å². The lowest BCUT2D eigenvalue weighted by Gasteiger charge is -2.19. The molecule has 3 aromatic rings. The highest BCUT2D eigenvalue weighted by atomic mass is 19.1. The molecule has 1 fully saturated rings. The van der Waals surface area contributed by atoms with Gasteiger partial charge in [-0.3, -0.25) is 14.6 Å². The summed E-state index contributed by atoms with van der Waals surface area (Å²) in [7, 11) is 1.59. The van der Waals surface area contributed by atoms with Crippen LogP contribution in [0.2, 0.25) is 0 Å². The zero-order chi connectivity index (χ0) is 25.3. The Morgan fingerprint density at radius 2 is 1.75 bits per heavy atom. The smallest absolute Gasteiger partial charge is 0.252 e. The van der Waals surface area contributed by atoms with Gasteiger partial charge in [-0.2, -0.15) is 0 Å². The summed E-state index contributed by atoms with van der Waals surface area (Å²) >= 11 is 0. The van der Waals surface area contributed by atoms with Crippen LogP contribution >= 0.6 is 0 Å². The number of hydrogen-bond donors (Lipinski definition) is 2. The number of benzene rings is 2. The molecule has 2 amide bonds. The van der Waals surface area contributed by atoms with Gasteiger partial charge in [-0.15, -0.1) is 0 Å². The first-order chi connectivity index (χ1) is 17.5. The summed E-state index contributed by atoms with van der Waals surface area (Å²) in [5.74, 6) is -0.757. The van der Waals surface area contributed by atoms with Crippen LogP contribution in [0.5, 0.6) is 0 Å². The Labute approximate surface area is 211 Å². The molecule has 7 heteroatoms. The van der Waals surface area contributed by atoms with Gasteiger partial charge < -0.3 is 15.5 Å². The molecule has 1 atom stereocenters. The number of halogens is 1. The Kier molecular flexibility index (Phi) is 8.79. The minimum absolute atomic E-state index is 0.110. The molecule has 0 saturated carbocycles. The lowest BCUT2D eigenvalue weighted by Crippen LogP contribution is -2.26. The zero-order valence-electron chi connectivity index (χ0n) is 20.7. The quantitative estimate of drug-likeness (QED) is 0.449. The van der Waals surface area contributed by atoms with Crippen molar-refractivity contribution >= 4 is 11.8 Å². The first kappa shape index (κ1) is 25.5. The standard InChI is InChI=1S/C29H33FN4O2/c1-31-28(35)23-6-4-5-22(19-23)27(21-7-10-25(30)11-8-21)13-15-32-29(36)24-9-12-26(33-20-24)14-18-34-16-2-3-17-34/h4-12,19-20,27H,2-3,13-18H2,1H3,(H,31,35)(H,32,36). The number of hydrogen-bond acceptors (Lipinski definition) is 4. The molecule has 2 heterocycles. The van der Waals surface area contributed by atoms with Crippen molar-refractivity contribution in [2.45, 2.75) is 31.6 Å². The maximum absolute atomic E-state index is 13.6. The average Bonchev–Trinajstić information content (AvgIpc) is 3.44. The topological polar surface area (TPSA) is 74.3 Å². The van der Waals surface area contributed by atoms with Crippen LogP contribution in [-0.4, -0.2) is 54.9 Å². The van der Waals surface area contributed by atoms with Gasteiger partial charge in [0, 0.05) is 49.9 Å². The Bertz CT molecular complexity index is 1160. The molecule has 1 aliphatic rings. The van der Waals surface area contributed by atoms with E-state index in [9.17, 15) is 14.0 Å². The van der Waals surface area contributed by atoms with Crippen molar-refractivity contribution in [1.82, 2.24) is 20.5 Å². The SMILES string of the molecule is CNC(=O)c1cccc(C(CCNC(=O)c2ccc(CCN3CCCC3)nc2)c2ccc(F)cc2)c1. The van der Waals surface area contributed by atoms with E-state index in [0.717, 1.165) is 42.9 Å². The van der Waals surface area contributed by atoms with Crippen LogP contribution < -0.4 is 10.6 Å². The molecule has 36 heavy (non-hydrogen) atoms. The third-order valence-corrected chi connectivity index (χ3v) is 6.74. The molecule has 188 valence electrons. The van der Waals surface area contributed by atoms with E-state index in [1.165, 1.54) is 25.0 Å². The van der Waals surface area contributed by atoms with E-state index in [1.807, 2.05) is 30.3 Å². The number of nitrogens with zero attached hydrogens (tertiary/aromatic N) is 2. The Hall–Kier alpha value is -3.58. The number of pyridine rings is 1. The van der Waals surface area contributed by atoms with Crippen molar-refractivity contribution in [1.29, 1.82) is 0 Å². The minimum atomic E-state index is -0.304. The molecular weight excluding hydrogens is 455 g/mol. The number of amides is 2. The molecule has 4 rings (SSSR count). The fraction of sp³-hybridized carbons (Fsp3) is 0.345. The van der Waals surface area contributed by atoms with Gasteiger partial charge in [0.25, 0.3) is 11.8 Å². The van der Waals surface area contributed by atoms with Gasteiger partial charge in [-0.1, -0.05) is 24.3 Å². The normalized spacial score (nSPS) is 14.4. The minimum Gasteiger partial charge on any atom is -0.355 e. The predicted octanol–water partition coefficient (Wildman–Crippen LogP) is 4.17. The number of nitrogens with one attached hydrogen (secondary N) is 2. The Morgan fingerprint density at radius 3 is 2.44 bits per heavy atom.